The van der Waals surface area contributed by atoms with Crippen LogP contribution in [0.25, 0.3) is 11.1 Å². The highest BCUT2D eigenvalue weighted by atomic mass is 19.1. The number of rotatable bonds is 9. The van der Waals surface area contributed by atoms with Crippen molar-refractivity contribution >= 4 is 11.1 Å². The summed E-state index contributed by atoms with van der Waals surface area (Å²) in [5, 5.41) is 10.5. The standard InChI is InChI=1S/C33H39FN2O3/c1-4-38-32-16-14-28(23(3)35-32)29-8-5-7-27-22(2)31(37)15-13-30(27)33(29)24-9-11-25(12-10-24)39-26-17-20-36(21-26)19-6-18-34/h9-16,26,37H,4-8,17-21H2,1-3H3/t26-/m0/s1. The molecule has 5 rings (SSSR count). The lowest BCUT2D eigenvalue weighted by Crippen LogP contribution is -2.26. The van der Waals surface area contributed by atoms with Crippen LogP contribution in [0.4, 0.5) is 4.39 Å². The van der Waals surface area contributed by atoms with Crippen LogP contribution in [-0.2, 0) is 6.42 Å². The van der Waals surface area contributed by atoms with E-state index in [1.54, 1.807) is 0 Å². The lowest BCUT2D eigenvalue weighted by molar-refractivity contribution is 0.198. The molecule has 1 atom stereocenters. The Labute approximate surface area is 231 Å². The zero-order valence-electron chi connectivity index (χ0n) is 23.3. The van der Waals surface area contributed by atoms with Crippen LogP contribution in [0.3, 0.4) is 0 Å². The number of phenols is 1. The van der Waals surface area contributed by atoms with E-state index >= 15 is 0 Å². The van der Waals surface area contributed by atoms with Gasteiger partial charge in [0.1, 0.15) is 17.6 Å². The SMILES string of the molecule is CCOc1ccc(C2=C(c3ccc(O[C@H]4CCN(CCCF)C4)cc3)c3ccc(O)c(C)c3CCC2)c(C)n1. The maximum Gasteiger partial charge on any atom is 0.213 e. The largest absolute Gasteiger partial charge is 0.508 e. The quantitative estimate of drug-likeness (QED) is 0.326. The second-order valence-corrected chi connectivity index (χ2v) is 10.6. The summed E-state index contributed by atoms with van der Waals surface area (Å²) in [4.78, 5) is 7.02. The number of hydrogen-bond acceptors (Lipinski definition) is 5. The van der Waals surface area contributed by atoms with E-state index in [0.717, 1.165) is 73.5 Å². The molecule has 3 aromatic rings. The molecule has 5 nitrogen and oxygen atoms in total. The van der Waals surface area contributed by atoms with Gasteiger partial charge in [-0.15, -0.1) is 0 Å². The molecule has 2 heterocycles. The first-order valence-electron chi connectivity index (χ1n) is 14.2. The highest BCUT2D eigenvalue weighted by molar-refractivity contribution is 6.00. The number of allylic oxidation sites excluding steroid dienone is 1. The number of alkyl halides is 1. The van der Waals surface area contributed by atoms with Gasteiger partial charge < -0.3 is 14.6 Å². The number of phenolic OH excluding ortho intramolecular Hbond substituents is 1. The van der Waals surface area contributed by atoms with Crippen LogP contribution < -0.4 is 9.47 Å². The summed E-state index contributed by atoms with van der Waals surface area (Å²) in [6.07, 6.45) is 4.49. The Morgan fingerprint density at radius 3 is 2.56 bits per heavy atom. The van der Waals surface area contributed by atoms with Crippen molar-refractivity contribution < 1.29 is 19.0 Å². The fraction of sp³-hybridized carbons (Fsp3) is 0.424. The fourth-order valence-corrected chi connectivity index (χ4v) is 5.99. The van der Waals surface area contributed by atoms with Crippen molar-refractivity contribution in [3.05, 3.63) is 82.0 Å². The van der Waals surface area contributed by atoms with Crippen LogP contribution in [0.15, 0.2) is 48.5 Å². The Bertz CT molecular complexity index is 1340. The lowest BCUT2D eigenvalue weighted by atomic mass is 9.86. The van der Waals surface area contributed by atoms with Crippen LogP contribution >= 0.6 is 0 Å². The first kappa shape index (κ1) is 27.2. The van der Waals surface area contributed by atoms with Crippen molar-refractivity contribution in [3.63, 3.8) is 0 Å². The number of halogens is 1. The van der Waals surface area contributed by atoms with Gasteiger partial charge in [-0.2, -0.15) is 0 Å². The summed E-state index contributed by atoms with van der Waals surface area (Å²) in [6, 6.07) is 16.4. The Morgan fingerprint density at radius 2 is 1.82 bits per heavy atom. The number of aryl methyl sites for hydroxylation is 1. The molecule has 1 aliphatic heterocycles. The number of aromatic nitrogens is 1. The van der Waals surface area contributed by atoms with Crippen LogP contribution in [0.2, 0.25) is 0 Å². The molecular formula is C33H39FN2O3. The van der Waals surface area contributed by atoms with E-state index in [9.17, 15) is 9.50 Å². The molecule has 0 saturated carbocycles. The number of ether oxygens (including phenoxy) is 2. The number of hydrogen-bond donors (Lipinski definition) is 1. The molecule has 206 valence electrons. The summed E-state index contributed by atoms with van der Waals surface area (Å²) in [5.74, 6) is 1.84. The molecule has 1 aromatic heterocycles. The predicted octanol–water partition coefficient (Wildman–Crippen LogP) is 6.91. The van der Waals surface area contributed by atoms with Gasteiger partial charge in [0.15, 0.2) is 0 Å². The highest BCUT2D eigenvalue weighted by Crippen LogP contribution is 2.43. The van der Waals surface area contributed by atoms with E-state index in [0.29, 0.717) is 24.7 Å². The van der Waals surface area contributed by atoms with E-state index in [4.69, 9.17) is 14.5 Å². The molecule has 39 heavy (non-hydrogen) atoms. The minimum Gasteiger partial charge on any atom is -0.508 e. The van der Waals surface area contributed by atoms with Crippen LogP contribution in [-0.4, -0.2) is 54.0 Å². The molecule has 6 heteroatoms. The third kappa shape index (κ3) is 5.96. The first-order valence-corrected chi connectivity index (χ1v) is 14.2. The maximum atomic E-state index is 12.6. The smallest absolute Gasteiger partial charge is 0.213 e. The van der Waals surface area contributed by atoms with Gasteiger partial charge >= 0.3 is 0 Å². The van der Waals surface area contributed by atoms with Gasteiger partial charge in [-0.25, -0.2) is 4.98 Å². The Hall–Kier alpha value is -3.38. The fourth-order valence-electron chi connectivity index (χ4n) is 5.99. The Kier molecular flexibility index (Phi) is 8.51. The van der Waals surface area contributed by atoms with Gasteiger partial charge in [-0.05, 0) is 116 Å². The van der Waals surface area contributed by atoms with Crippen LogP contribution in [0.5, 0.6) is 17.4 Å². The summed E-state index contributed by atoms with van der Waals surface area (Å²) < 4.78 is 24.5. The number of likely N-dealkylation sites (tertiary alicyclic amines) is 1. The molecule has 1 aliphatic carbocycles. The van der Waals surface area contributed by atoms with Crippen LogP contribution in [0.1, 0.15) is 66.1 Å². The lowest BCUT2D eigenvalue weighted by Gasteiger charge is -2.20. The van der Waals surface area contributed by atoms with Gasteiger partial charge in [0, 0.05) is 31.4 Å². The second-order valence-electron chi connectivity index (χ2n) is 10.6. The van der Waals surface area contributed by atoms with Crippen molar-refractivity contribution in [2.45, 2.75) is 59.0 Å². The Balaban J connectivity index is 1.51. The average Bonchev–Trinajstić information content (AvgIpc) is 3.29. The van der Waals surface area contributed by atoms with Crippen LogP contribution in [0, 0.1) is 13.8 Å². The maximum absolute atomic E-state index is 12.6. The topological polar surface area (TPSA) is 54.8 Å². The molecule has 2 aromatic carbocycles. The number of aromatic hydroxyl groups is 1. The minimum atomic E-state index is -0.268. The van der Waals surface area contributed by atoms with Crippen molar-refractivity contribution in [2.75, 3.05) is 32.9 Å². The second kappa shape index (κ2) is 12.2. The minimum absolute atomic E-state index is 0.132. The number of nitrogens with zero attached hydrogens (tertiary/aromatic N) is 2. The van der Waals surface area contributed by atoms with E-state index < -0.39 is 0 Å². The predicted molar refractivity (Wildman–Crippen MR) is 154 cm³/mol. The molecule has 2 aliphatic rings. The van der Waals surface area contributed by atoms with Gasteiger partial charge in [0.05, 0.1) is 13.3 Å². The molecule has 0 unspecified atom stereocenters. The zero-order chi connectivity index (χ0) is 27.4. The zero-order valence-corrected chi connectivity index (χ0v) is 23.3. The number of fused-ring (bicyclic) bond motifs is 1. The molecule has 0 amide bonds. The molecule has 1 N–H and O–H groups in total. The Morgan fingerprint density at radius 1 is 1.03 bits per heavy atom. The number of benzene rings is 2. The molecule has 1 fully saturated rings. The van der Waals surface area contributed by atoms with Gasteiger partial charge in [0.25, 0.3) is 0 Å². The molecule has 1 saturated heterocycles. The van der Waals surface area contributed by atoms with E-state index in [-0.39, 0.29) is 12.8 Å². The number of pyridine rings is 1. The molecule has 0 bridgehead atoms. The summed E-state index contributed by atoms with van der Waals surface area (Å²) in [7, 11) is 0. The van der Waals surface area contributed by atoms with E-state index in [2.05, 4.69) is 41.3 Å². The molecule has 0 radical (unpaired) electrons. The van der Waals surface area contributed by atoms with E-state index in [1.807, 2.05) is 32.9 Å². The summed E-state index contributed by atoms with van der Waals surface area (Å²) in [5.41, 5.74) is 8.97. The highest BCUT2D eigenvalue weighted by Gasteiger charge is 2.25. The third-order valence-corrected chi connectivity index (χ3v) is 7.95. The van der Waals surface area contributed by atoms with Gasteiger partial charge in [0.2, 0.25) is 5.88 Å². The first-order chi connectivity index (χ1) is 19.0. The monoisotopic (exact) mass is 530 g/mol. The summed E-state index contributed by atoms with van der Waals surface area (Å²) >= 11 is 0. The summed E-state index contributed by atoms with van der Waals surface area (Å²) in [6.45, 7) is 8.93. The van der Waals surface area contributed by atoms with Crippen molar-refractivity contribution in [3.8, 4) is 17.4 Å². The third-order valence-electron chi connectivity index (χ3n) is 7.95. The molecule has 0 spiro atoms. The van der Waals surface area contributed by atoms with Crippen molar-refractivity contribution in [1.82, 2.24) is 9.88 Å². The van der Waals surface area contributed by atoms with Gasteiger partial charge in [-0.1, -0.05) is 18.2 Å². The average molecular weight is 531 g/mol. The van der Waals surface area contributed by atoms with Crippen molar-refractivity contribution in [1.29, 1.82) is 0 Å². The normalized spacial score (nSPS) is 17.7. The molecular weight excluding hydrogens is 491 g/mol. The van der Waals surface area contributed by atoms with E-state index in [1.165, 1.54) is 22.3 Å². The van der Waals surface area contributed by atoms with Crippen molar-refractivity contribution in [2.24, 2.45) is 0 Å². The van der Waals surface area contributed by atoms with Gasteiger partial charge in [-0.3, -0.25) is 9.29 Å².